The molecule has 0 aromatic rings. The molecule has 4 nitrogen and oxygen atoms in total. The highest BCUT2D eigenvalue weighted by Gasteiger charge is 2.40. The van der Waals surface area contributed by atoms with E-state index in [2.05, 4.69) is 11.9 Å². The largest absolute Gasteiger partial charge is 0.462 e. The summed E-state index contributed by atoms with van der Waals surface area (Å²) in [5.41, 5.74) is 0. The van der Waals surface area contributed by atoms with E-state index in [9.17, 15) is 9.90 Å². The van der Waals surface area contributed by atoms with E-state index >= 15 is 0 Å². The molecule has 0 amide bonds. The van der Waals surface area contributed by atoms with Crippen molar-refractivity contribution < 1.29 is 14.6 Å². The predicted molar refractivity (Wildman–Crippen MR) is 64.5 cm³/mol. The van der Waals surface area contributed by atoms with Crippen molar-refractivity contribution in [3.05, 3.63) is 0 Å². The Hall–Kier alpha value is -0.610. The van der Waals surface area contributed by atoms with Crippen molar-refractivity contribution in [1.82, 2.24) is 4.90 Å². The summed E-state index contributed by atoms with van der Waals surface area (Å²) in [4.78, 5) is 14.2. The molecule has 0 radical (unpaired) electrons. The molecule has 4 heteroatoms. The average molecular weight is 241 g/mol. The number of rotatable bonds is 3. The summed E-state index contributed by atoms with van der Waals surface area (Å²) in [6.45, 7) is 3.35. The standard InChI is InChI=1S/C13H23NO3/c1-8(9(2)15)13(16)17-12-6-10-4-5-11(7-12)14(10)3/h8-12,15H,4-7H2,1-3H3. The summed E-state index contributed by atoms with van der Waals surface area (Å²) in [6.07, 6.45) is 3.77. The van der Waals surface area contributed by atoms with Crippen LogP contribution >= 0.6 is 0 Å². The van der Waals surface area contributed by atoms with Gasteiger partial charge in [-0.15, -0.1) is 0 Å². The van der Waals surface area contributed by atoms with Crippen molar-refractivity contribution in [2.75, 3.05) is 7.05 Å². The summed E-state index contributed by atoms with van der Waals surface area (Å²) >= 11 is 0. The Morgan fingerprint density at radius 1 is 1.29 bits per heavy atom. The van der Waals surface area contributed by atoms with Gasteiger partial charge in [0.15, 0.2) is 0 Å². The van der Waals surface area contributed by atoms with Crippen molar-refractivity contribution in [2.24, 2.45) is 5.92 Å². The highest BCUT2D eigenvalue weighted by atomic mass is 16.5. The van der Waals surface area contributed by atoms with Gasteiger partial charge in [-0.2, -0.15) is 0 Å². The number of fused-ring (bicyclic) bond motifs is 2. The first-order valence-corrected chi connectivity index (χ1v) is 6.59. The molecule has 17 heavy (non-hydrogen) atoms. The smallest absolute Gasteiger partial charge is 0.311 e. The van der Waals surface area contributed by atoms with Gasteiger partial charge in [-0.25, -0.2) is 0 Å². The minimum absolute atomic E-state index is 0.0531. The van der Waals surface area contributed by atoms with E-state index in [4.69, 9.17) is 4.74 Å². The molecule has 0 aromatic heterocycles. The number of ether oxygens (including phenoxy) is 1. The Morgan fingerprint density at radius 2 is 1.82 bits per heavy atom. The van der Waals surface area contributed by atoms with E-state index in [0.29, 0.717) is 12.1 Å². The summed E-state index contributed by atoms with van der Waals surface area (Å²) < 4.78 is 5.52. The van der Waals surface area contributed by atoms with Crippen LogP contribution in [0.1, 0.15) is 39.5 Å². The maximum absolute atomic E-state index is 11.8. The molecule has 2 heterocycles. The second kappa shape index (κ2) is 4.94. The highest BCUT2D eigenvalue weighted by Crippen LogP contribution is 2.35. The van der Waals surface area contributed by atoms with Crippen molar-refractivity contribution in [2.45, 2.75) is 63.8 Å². The number of piperidine rings is 1. The monoisotopic (exact) mass is 241 g/mol. The van der Waals surface area contributed by atoms with Gasteiger partial charge in [0.2, 0.25) is 0 Å². The van der Waals surface area contributed by atoms with Gasteiger partial charge in [-0.05, 0) is 46.6 Å². The number of aliphatic hydroxyl groups is 1. The predicted octanol–water partition coefficient (Wildman–Crippen LogP) is 1.17. The first-order chi connectivity index (χ1) is 7.99. The molecular formula is C13H23NO3. The molecule has 2 fully saturated rings. The Bertz CT molecular complexity index is 278. The number of carbonyl (C=O) groups is 1. The summed E-state index contributed by atoms with van der Waals surface area (Å²) in [5, 5.41) is 9.37. The SMILES string of the molecule is CC(O)C(C)C(=O)OC1CC2CCC(C1)N2C. The Balaban J connectivity index is 1.87. The number of nitrogens with zero attached hydrogens (tertiary/aromatic N) is 1. The molecule has 2 bridgehead atoms. The van der Waals surface area contributed by atoms with Gasteiger partial charge in [0.25, 0.3) is 0 Å². The second-order valence-electron chi connectivity index (χ2n) is 5.61. The molecular weight excluding hydrogens is 218 g/mol. The molecule has 0 aromatic carbocycles. The fraction of sp³-hybridized carbons (Fsp3) is 0.923. The lowest BCUT2D eigenvalue weighted by Crippen LogP contribution is -2.44. The van der Waals surface area contributed by atoms with E-state index < -0.39 is 12.0 Å². The number of esters is 1. The quantitative estimate of drug-likeness (QED) is 0.754. The first-order valence-electron chi connectivity index (χ1n) is 6.59. The van der Waals surface area contributed by atoms with Crippen LogP contribution in [-0.2, 0) is 9.53 Å². The fourth-order valence-electron chi connectivity index (χ4n) is 2.93. The van der Waals surface area contributed by atoms with Crippen molar-refractivity contribution in [3.8, 4) is 0 Å². The van der Waals surface area contributed by atoms with Crippen LogP contribution in [0.4, 0.5) is 0 Å². The van der Waals surface area contributed by atoms with Gasteiger partial charge < -0.3 is 14.7 Å². The lowest BCUT2D eigenvalue weighted by Gasteiger charge is -2.36. The molecule has 4 atom stereocenters. The topological polar surface area (TPSA) is 49.8 Å². The molecule has 2 saturated heterocycles. The molecule has 2 aliphatic heterocycles. The van der Waals surface area contributed by atoms with Gasteiger partial charge in [0.05, 0.1) is 12.0 Å². The molecule has 2 rings (SSSR count). The Labute approximate surface area is 103 Å². The Kier molecular flexibility index (Phi) is 3.73. The molecule has 0 saturated carbocycles. The van der Waals surface area contributed by atoms with Crippen LogP contribution < -0.4 is 0 Å². The summed E-state index contributed by atoms with van der Waals surface area (Å²) in [5.74, 6) is -0.679. The van der Waals surface area contributed by atoms with Crippen molar-refractivity contribution in [1.29, 1.82) is 0 Å². The normalized spacial score (nSPS) is 36.6. The van der Waals surface area contributed by atoms with E-state index in [-0.39, 0.29) is 12.1 Å². The van der Waals surface area contributed by atoms with E-state index in [1.807, 2.05) is 0 Å². The second-order valence-corrected chi connectivity index (χ2v) is 5.61. The minimum Gasteiger partial charge on any atom is -0.462 e. The van der Waals surface area contributed by atoms with Gasteiger partial charge in [0.1, 0.15) is 6.10 Å². The summed E-state index contributed by atoms with van der Waals surface area (Å²) in [6, 6.07) is 1.15. The third kappa shape index (κ3) is 2.63. The average Bonchev–Trinajstić information content (AvgIpc) is 2.52. The van der Waals surface area contributed by atoms with Gasteiger partial charge >= 0.3 is 5.97 Å². The fourth-order valence-corrected chi connectivity index (χ4v) is 2.93. The van der Waals surface area contributed by atoms with Crippen LogP contribution in [0.2, 0.25) is 0 Å². The third-order valence-electron chi connectivity index (χ3n) is 4.43. The van der Waals surface area contributed by atoms with Gasteiger partial charge in [-0.1, -0.05) is 0 Å². The van der Waals surface area contributed by atoms with Gasteiger partial charge in [-0.3, -0.25) is 4.79 Å². The van der Waals surface area contributed by atoms with E-state index in [1.165, 1.54) is 12.8 Å². The minimum atomic E-state index is -0.634. The number of carbonyl (C=O) groups excluding carboxylic acids is 1. The van der Waals surface area contributed by atoms with E-state index in [0.717, 1.165) is 12.8 Å². The molecule has 0 aliphatic carbocycles. The van der Waals surface area contributed by atoms with Crippen LogP contribution in [0.3, 0.4) is 0 Å². The van der Waals surface area contributed by atoms with Crippen LogP contribution in [0.15, 0.2) is 0 Å². The zero-order valence-corrected chi connectivity index (χ0v) is 10.9. The molecule has 98 valence electrons. The zero-order valence-electron chi connectivity index (χ0n) is 10.9. The maximum atomic E-state index is 11.8. The molecule has 2 aliphatic rings. The van der Waals surface area contributed by atoms with Crippen molar-refractivity contribution in [3.63, 3.8) is 0 Å². The maximum Gasteiger partial charge on any atom is 0.311 e. The first kappa shape index (κ1) is 12.8. The van der Waals surface area contributed by atoms with Crippen molar-refractivity contribution >= 4 is 5.97 Å². The Morgan fingerprint density at radius 3 is 2.29 bits per heavy atom. The lowest BCUT2D eigenvalue weighted by atomic mass is 10.00. The number of hydrogen-bond acceptors (Lipinski definition) is 4. The highest BCUT2D eigenvalue weighted by molar-refractivity contribution is 5.72. The van der Waals surface area contributed by atoms with Crippen LogP contribution in [-0.4, -0.2) is 47.3 Å². The van der Waals surface area contributed by atoms with Crippen LogP contribution in [0.25, 0.3) is 0 Å². The lowest BCUT2D eigenvalue weighted by molar-refractivity contribution is -0.160. The van der Waals surface area contributed by atoms with Crippen LogP contribution in [0.5, 0.6) is 0 Å². The molecule has 1 N–H and O–H groups in total. The van der Waals surface area contributed by atoms with Crippen LogP contribution in [0, 0.1) is 5.92 Å². The molecule has 0 spiro atoms. The van der Waals surface area contributed by atoms with Gasteiger partial charge in [0, 0.05) is 12.1 Å². The molecule has 4 unspecified atom stereocenters. The number of hydrogen-bond donors (Lipinski definition) is 1. The zero-order chi connectivity index (χ0) is 12.6. The van der Waals surface area contributed by atoms with E-state index in [1.54, 1.807) is 13.8 Å². The number of aliphatic hydroxyl groups excluding tert-OH is 1. The summed E-state index contributed by atoms with van der Waals surface area (Å²) in [7, 11) is 2.17. The third-order valence-corrected chi connectivity index (χ3v) is 4.43.